The lowest BCUT2D eigenvalue weighted by Gasteiger charge is -2.30. The lowest BCUT2D eigenvalue weighted by Crippen LogP contribution is -2.54. The first-order valence-electron chi connectivity index (χ1n) is 11.6. The number of nitro benzene ring substituents is 1. The first-order chi connectivity index (χ1) is 18.2. The van der Waals surface area contributed by atoms with Crippen LogP contribution in [-0.4, -0.2) is 62.8 Å². The van der Waals surface area contributed by atoms with E-state index in [4.69, 9.17) is 0 Å². The van der Waals surface area contributed by atoms with Gasteiger partial charge in [-0.15, -0.1) is 11.3 Å². The summed E-state index contributed by atoms with van der Waals surface area (Å²) in [5, 5.41) is 25.1. The van der Waals surface area contributed by atoms with Gasteiger partial charge in [0.25, 0.3) is 23.4 Å². The van der Waals surface area contributed by atoms with Crippen LogP contribution in [0.4, 0.5) is 5.69 Å². The number of nitro groups is 1. The second-order valence-electron chi connectivity index (χ2n) is 8.73. The molecule has 3 aromatic rings. The van der Waals surface area contributed by atoms with Gasteiger partial charge in [-0.05, 0) is 36.1 Å². The number of benzene rings is 2. The van der Waals surface area contributed by atoms with Crippen LogP contribution in [-0.2, 0) is 9.59 Å². The van der Waals surface area contributed by atoms with Crippen LogP contribution in [0.2, 0.25) is 0 Å². The van der Waals surface area contributed by atoms with Gasteiger partial charge in [0, 0.05) is 30.8 Å². The van der Waals surface area contributed by atoms with E-state index in [0.717, 1.165) is 5.56 Å². The number of aliphatic carboxylic acids is 1. The molecule has 1 aliphatic heterocycles. The normalized spacial score (nSPS) is 15.7. The van der Waals surface area contributed by atoms with Crippen LogP contribution in [0.5, 0.6) is 0 Å². The Hall–Kier alpha value is -4.58. The highest BCUT2D eigenvalue weighted by Crippen LogP contribution is 2.26. The molecular formula is C26H24N4O7S. The summed E-state index contributed by atoms with van der Waals surface area (Å²) in [6.45, 7) is 2.05. The highest BCUT2D eigenvalue weighted by Gasteiger charge is 2.44. The first-order valence-corrected chi connectivity index (χ1v) is 12.5. The van der Waals surface area contributed by atoms with E-state index in [2.05, 4.69) is 5.32 Å². The maximum atomic E-state index is 13.7. The SMILES string of the molecule is Cc1ccc(C(=O)N2CCN(C(=O)c3cccs3)C2C(=O)NC(CC(=O)O)c2cccc([N+](=O)[O-])c2)cc1. The minimum atomic E-state index is -1.35. The molecule has 2 aromatic carbocycles. The van der Waals surface area contributed by atoms with E-state index in [0.29, 0.717) is 10.4 Å². The average Bonchev–Trinajstić information content (AvgIpc) is 3.58. The summed E-state index contributed by atoms with van der Waals surface area (Å²) in [6.07, 6.45) is -1.92. The van der Waals surface area contributed by atoms with Crippen molar-refractivity contribution in [2.45, 2.75) is 25.6 Å². The molecule has 3 amide bonds. The van der Waals surface area contributed by atoms with Crippen LogP contribution >= 0.6 is 11.3 Å². The Balaban J connectivity index is 1.68. The Morgan fingerprint density at radius 3 is 2.34 bits per heavy atom. The van der Waals surface area contributed by atoms with Crippen molar-refractivity contribution in [3.63, 3.8) is 0 Å². The third kappa shape index (κ3) is 5.70. The molecule has 2 atom stereocenters. The van der Waals surface area contributed by atoms with E-state index in [1.54, 1.807) is 41.8 Å². The Morgan fingerprint density at radius 1 is 1.05 bits per heavy atom. The largest absolute Gasteiger partial charge is 0.481 e. The van der Waals surface area contributed by atoms with Crippen molar-refractivity contribution in [3.05, 3.63) is 97.7 Å². The van der Waals surface area contributed by atoms with Gasteiger partial charge in [-0.2, -0.15) is 0 Å². The summed E-state index contributed by atoms with van der Waals surface area (Å²) >= 11 is 1.19. The number of hydrogen-bond acceptors (Lipinski definition) is 7. The quantitative estimate of drug-likeness (QED) is 0.331. The zero-order chi connectivity index (χ0) is 27.4. The molecule has 1 aromatic heterocycles. The van der Waals surface area contributed by atoms with Crippen molar-refractivity contribution >= 4 is 40.7 Å². The van der Waals surface area contributed by atoms with Crippen molar-refractivity contribution in [1.82, 2.24) is 15.1 Å². The van der Waals surface area contributed by atoms with E-state index < -0.39 is 47.2 Å². The molecule has 11 nitrogen and oxygen atoms in total. The first kappa shape index (κ1) is 26.5. The molecule has 38 heavy (non-hydrogen) atoms. The number of carbonyl (C=O) groups is 4. The van der Waals surface area contributed by atoms with Crippen molar-refractivity contribution in [2.75, 3.05) is 13.1 Å². The fraction of sp³-hybridized carbons (Fsp3) is 0.231. The standard InChI is InChI=1S/C26H24N4O7S/c1-16-7-9-17(10-8-16)25(34)28-11-12-29(26(35)21-6-3-13-38-21)24(28)23(33)27-20(15-22(31)32)18-4-2-5-19(14-18)30(36)37/h2-10,13-14,20,24H,11-12,15H2,1H3,(H,27,33)(H,31,32). The van der Waals surface area contributed by atoms with E-state index in [1.807, 2.05) is 6.92 Å². The van der Waals surface area contributed by atoms with Crippen LogP contribution in [0.15, 0.2) is 66.0 Å². The van der Waals surface area contributed by atoms with Gasteiger partial charge in [0.05, 0.1) is 22.3 Å². The molecule has 12 heteroatoms. The number of nitrogens with zero attached hydrogens (tertiary/aromatic N) is 3. The number of nitrogens with one attached hydrogen (secondary N) is 1. The maximum absolute atomic E-state index is 13.7. The van der Waals surface area contributed by atoms with Gasteiger partial charge in [0.15, 0.2) is 6.17 Å². The molecule has 2 N–H and O–H groups in total. The summed E-state index contributed by atoms with van der Waals surface area (Å²) in [7, 11) is 0. The third-order valence-corrected chi connectivity index (χ3v) is 7.00. The Kier molecular flexibility index (Phi) is 7.82. The number of thiophene rings is 1. The van der Waals surface area contributed by atoms with Crippen molar-refractivity contribution in [1.29, 1.82) is 0 Å². The van der Waals surface area contributed by atoms with Crippen LogP contribution < -0.4 is 5.32 Å². The lowest BCUT2D eigenvalue weighted by molar-refractivity contribution is -0.384. The fourth-order valence-electron chi connectivity index (χ4n) is 4.27. The predicted molar refractivity (Wildman–Crippen MR) is 138 cm³/mol. The highest BCUT2D eigenvalue weighted by atomic mass is 32.1. The summed E-state index contributed by atoms with van der Waals surface area (Å²) in [5.41, 5.74) is 1.22. The minimum Gasteiger partial charge on any atom is -0.481 e. The number of amides is 3. The number of carbonyl (C=O) groups excluding carboxylic acids is 3. The summed E-state index contributed by atoms with van der Waals surface area (Å²) in [5.74, 6) is -2.92. The average molecular weight is 537 g/mol. The van der Waals surface area contributed by atoms with Gasteiger partial charge in [0.1, 0.15) is 0 Å². The Morgan fingerprint density at radius 2 is 1.74 bits per heavy atom. The number of hydrogen-bond donors (Lipinski definition) is 2. The van der Waals surface area contributed by atoms with Gasteiger partial charge in [0.2, 0.25) is 0 Å². The third-order valence-electron chi connectivity index (χ3n) is 6.14. The molecular weight excluding hydrogens is 512 g/mol. The van der Waals surface area contributed by atoms with Crippen LogP contribution in [0, 0.1) is 17.0 Å². The molecule has 0 spiro atoms. The van der Waals surface area contributed by atoms with Gasteiger partial charge in [-0.3, -0.25) is 29.3 Å². The summed E-state index contributed by atoms with van der Waals surface area (Å²) in [6, 6.07) is 14.3. The molecule has 1 fully saturated rings. The molecule has 4 rings (SSSR count). The van der Waals surface area contributed by atoms with Crippen LogP contribution in [0.1, 0.15) is 43.6 Å². The van der Waals surface area contributed by atoms with E-state index in [1.165, 1.54) is 45.4 Å². The second-order valence-corrected chi connectivity index (χ2v) is 9.67. The number of aryl methyl sites for hydroxylation is 1. The van der Waals surface area contributed by atoms with Gasteiger partial charge >= 0.3 is 5.97 Å². The number of rotatable bonds is 8. The van der Waals surface area contributed by atoms with E-state index in [-0.39, 0.29) is 24.3 Å². The maximum Gasteiger partial charge on any atom is 0.305 e. The molecule has 1 saturated heterocycles. The van der Waals surface area contributed by atoms with Crippen LogP contribution in [0.25, 0.3) is 0 Å². The highest BCUT2D eigenvalue weighted by molar-refractivity contribution is 7.12. The summed E-state index contributed by atoms with van der Waals surface area (Å²) < 4.78 is 0. The van der Waals surface area contributed by atoms with E-state index >= 15 is 0 Å². The number of carboxylic acid groups (broad SMARTS) is 1. The van der Waals surface area contributed by atoms with Crippen LogP contribution in [0.3, 0.4) is 0 Å². The molecule has 0 saturated carbocycles. The molecule has 2 unspecified atom stereocenters. The molecule has 196 valence electrons. The molecule has 0 radical (unpaired) electrons. The topological polar surface area (TPSA) is 150 Å². The monoisotopic (exact) mass is 536 g/mol. The lowest BCUT2D eigenvalue weighted by atomic mass is 10.0. The number of non-ortho nitro benzene ring substituents is 1. The molecule has 2 heterocycles. The van der Waals surface area contributed by atoms with Gasteiger partial charge in [-0.25, -0.2) is 0 Å². The zero-order valence-corrected chi connectivity index (χ0v) is 21.1. The van der Waals surface area contributed by atoms with Crippen molar-refractivity contribution in [3.8, 4) is 0 Å². The van der Waals surface area contributed by atoms with E-state index in [9.17, 15) is 34.4 Å². The Bertz CT molecular complexity index is 1370. The smallest absolute Gasteiger partial charge is 0.305 e. The minimum absolute atomic E-state index is 0.0856. The number of carboxylic acids is 1. The fourth-order valence-corrected chi connectivity index (χ4v) is 4.95. The van der Waals surface area contributed by atoms with Crippen molar-refractivity contribution in [2.24, 2.45) is 0 Å². The molecule has 0 aliphatic carbocycles. The molecule has 1 aliphatic rings. The van der Waals surface area contributed by atoms with Gasteiger partial charge < -0.3 is 20.2 Å². The second kappa shape index (κ2) is 11.2. The zero-order valence-electron chi connectivity index (χ0n) is 20.3. The molecule has 0 bridgehead atoms. The predicted octanol–water partition coefficient (Wildman–Crippen LogP) is 3.22. The Labute approximate surface area is 221 Å². The van der Waals surface area contributed by atoms with Gasteiger partial charge in [-0.1, -0.05) is 35.9 Å². The van der Waals surface area contributed by atoms with Crippen molar-refractivity contribution < 1.29 is 29.2 Å². The summed E-state index contributed by atoms with van der Waals surface area (Å²) in [4.78, 5) is 65.6.